The van der Waals surface area contributed by atoms with Crippen LogP contribution >= 0.6 is 0 Å². The van der Waals surface area contributed by atoms with E-state index in [0.29, 0.717) is 0 Å². The molecule has 27 heavy (non-hydrogen) atoms. The van der Waals surface area contributed by atoms with Gasteiger partial charge in [0.15, 0.2) is 0 Å². The molecular formula is C21H20FNO4. The summed E-state index contributed by atoms with van der Waals surface area (Å²) in [7, 11) is 0. The highest BCUT2D eigenvalue weighted by molar-refractivity contribution is 5.79. The lowest BCUT2D eigenvalue weighted by atomic mass is 9.73. The highest BCUT2D eigenvalue weighted by atomic mass is 19.1. The Hall–Kier alpha value is -2.89. The van der Waals surface area contributed by atoms with Crippen molar-refractivity contribution in [2.24, 2.45) is 0 Å². The van der Waals surface area contributed by atoms with Gasteiger partial charge in [0, 0.05) is 18.8 Å². The molecule has 6 heteroatoms. The van der Waals surface area contributed by atoms with Crippen molar-refractivity contribution < 1.29 is 23.8 Å². The van der Waals surface area contributed by atoms with E-state index < -0.39 is 23.8 Å². The van der Waals surface area contributed by atoms with Gasteiger partial charge in [0.25, 0.3) is 0 Å². The molecule has 0 atom stereocenters. The molecule has 2 N–H and O–H groups in total. The van der Waals surface area contributed by atoms with Crippen LogP contribution < -0.4 is 5.32 Å². The van der Waals surface area contributed by atoms with E-state index in [4.69, 9.17) is 9.84 Å². The van der Waals surface area contributed by atoms with E-state index in [-0.39, 0.29) is 31.8 Å². The molecule has 0 saturated heterocycles. The van der Waals surface area contributed by atoms with Crippen LogP contribution in [0.4, 0.5) is 9.18 Å². The van der Waals surface area contributed by atoms with Crippen LogP contribution in [0.15, 0.2) is 48.5 Å². The molecule has 2 aliphatic rings. The largest absolute Gasteiger partial charge is 0.481 e. The highest BCUT2D eigenvalue weighted by Crippen LogP contribution is 2.44. The second-order valence-electron chi connectivity index (χ2n) is 7.31. The number of alkyl carbamates (subject to hydrolysis) is 1. The standard InChI is InChI=1S/C21H20FNO4/c22-13-9-21(10-13,11-19(24)25)23-20(26)27-12-18-16-7-3-1-5-14(16)15-6-2-4-8-17(15)18/h1-8,13,18H,9-12H2,(H,23,26)(H,24,25). The van der Waals surface area contributed by atoms with Crippen molar-refractivity contribution >= 4 is 12.1 Å². The van der Waals surface area contributed by atoms with Crippen molar-refractivity contribution in [3.63, 3.8) is 0 Å². The van der Waals surface area contributed by atoms with Crippen LogP contribution in [0.3, 0.4) is 0 Å². The van der Waals surface area contributed by atoms with Gasteiger partial charge in [-0.3, -0.25) is 4.79 Å². The van der Waals surface area contributed by atoms with Gasteiger partial charge < -0.3 is 15.2 Å². The number of nitrogens with one attached hydrogen (secondary N) is 1. The van der Waals surface area contributed by atoms with Crippen LogP contribution in [0.25, 0.3) is 11.1 Å². The molecule has 0 aliphatic heterocycles. The number of aliphatic carboxylic acids is 1. The second kappa shape index (κ2) is 6.68. The van der Waals surface area contributed by atoms with Crippen molar-refractivity contribution in [1.82, 2.24) is 5.32 Å². The molecule has 5 nitrogen and oxygen atoms in total. The van der Waals surface area contributed by atoms with E-state index in [0.717, 1.165) is 22.3 Å². The third kappa shape index (κ3) is 3.27. The first-order valence-electron chi connectivity index (χ1n) is 8.96. The minimum atomic E-state index is -1.08. The zero-order valence-electron chi connectivity index (χ0n) is 14.7. The molecule has 140 valence electrons. The molecule has 0 unspecified atom stereocenters. The Labute approximate surface area is 156 Å². The molecule has 0 bridgehead atoms. The maximum absolute atomic E-state index is 13.3. The van der Waals surface area contributed by atoms with Crippen molar-refractivity contribution in [3.05, 3.63) is 59.7 Å². The normalized spacial score (nSPS) is 23.1. The van der Waals surface area contributed by atoms with Gasteiger partial charge in [0.05, 0.1) is 12.0 Å². The van der Waals surface area contributed by atoms with Gasteiger partial charge >= 0.3 is 12.1 Å². The summed E-state index contributed by atoms with van der Waals surface area (Å²) in [5.74, 6) is -1.14. The summed E-state index contributed by atoms with van der Waals surface area (Å²) in [6, 6.07) is 16.0. The third-order valence-electron chi connectivity index (χ3n) is 5.42. The molecule has 2 aromatic rings. The number of amides is 1. The monoisotopic (exact) mass is 369 g/mol. The van der Waals surface area contributed by atoms with Gasteiger partial charge in [-0.2, -0.15) is 0 Å². The van der Waals surface area contributed by atoms with Crippen molar-refractivity contribution in [2.75, 3.05) is 6.61 Å². The molecule has 0 heterocycles. The summed E-state index contributed by atoms with van der Waals surface area (Å²) < 4.78 is 18.7. The maximum Gasteiger partial charge on any atom is 0.407 e. The predicted octanol–water partition coefficient (Wildman–Crippen LogP) is 3.87. The fraction of sp³-hybridized carbons (Fsp3) is 0.333. The minimum absolute atomic E-state index is 0.00347. The molecule has 2 aromatic carbocycles. The smallest absolute Gasteiger partial charge is 0.407 e. The van der Waals surface area contributed by atoms with Crippen molar-refractivity contribution in [1.29, 1.82) is 0 Å². The highest BCUT2D eigenvalue weighted by Gasteiger charge is 2.47. The number of rotatable bonds is 5. The molecule has 2 aliphatic carbocycles. The molecule has 1 fully saturated rings. The van der Waals surface area contributed by atoms with E-state index in [1.165, 1.54) is 0 Å². The Morgan fingerprint density at radius 2 is 1.63 bits per heavy atom. The van der Waals surface area contributed by atoms with Gasteiger partial charge in [-0.1, -0.05) is 48.5 Å². The lowest BCUT2D eigenvalue weighted by Gasteiger charge is -2.43. The van der Waals surface area contributed by atoms with Gasteiger partial charge in [-0.05, 0) is 22.3 Å². The summed E-state index contributed by atoms with van der Waals surface area (Å²) in [4.78, 5) is 23.3. The molecule has 1 saturated carbocycles. The van der Waals surface area contributed by atoms with Crippen LogP contribution in [-0.2, 0) is 9.53 Å². The van der Waals surface area contributed by atoms with E-state index in [1.807, 2.05) is 48.5 Å². The Morgan fingerprint density at radius 3 is 2.15 bits per heavy atom. The topological polar surface area (TPSA) is 75.6 Å². The average molecular weight is 369 g/mol. The quantitative estimate of drug-likeness (QED) is 0.839. The lowest BCUT2D eigenvalue weighted by molar-refractivity contribution is -0.140. The van der Waals surface area contributed by atoms with E-state index in [1.54, 1.807) is 0 Å². The molecule has 4 rings (SSSR count). The summed E-state index contributed by atoms with van der Waals surface area (Å²) in [6.45, 7) is 0.141. The molecule has 0 aromatic heterocycles. The Morgan fingerprint density at radius 1 is 1.07 bits per heavy atom. The number of carboxylic acids is 1. The number of carboxylic acid groups (broad SMARTS) is 1. The van der Waals surface area contributed by atoms with Gasteiger partial charge in [-0.15, -0.1) is 0 Å². The predicted molar refractivity (Wildman–Crippen MR) is 97.3 cm³/mol. The number of benzene rings is 2. The van der Waals surface area contributed by atoms with E-state index >= 15 is 0 Å². The number of hydrogen-bond donors (Lipinski definition) is 2. The zero-order valence-corrected chi connectivity index (χ0v) is 14.7. The number of alkyl halides is 1. The number of fused-ring (bicyclic) bond motifs is 3. The fourth-order valence-corrected chi connectivity index (χ4v) is 4.22. The second-order valence-corrected chi connectivity index (χ2v) is 7.31. The van der Waals surface area contributed by atoms with Gasteiger partial charge in [0.1, 0.15) is 12.8 Å². The van der Waals surface area contributed by atoms with Crippen LogP contribution in [0, 0.1) is 0 Å². The fourth-order valence-electron chi connectivity index (χ4n) is 4.22. The number of carbonyl (C=O) groups excluding carboxylic acids is 1. The Bertz CT molecular complexity index is 846. The van der Waals surface area contributed by atoms with Crippen molar-refractivity contribution in [2.45, 2.75) is 36.9 Å². The summed E-state index contributed by atoms with van der Waals surface area (Å²) in [6.07, 6.45) is -2.09. The van der Waals surface area contributed by atoms with E-state index in [9.17, 15) is 14.0 Å². The average Bonchev–Trinajstić information content (AvgIpc) is 2.92. The van der Waals surface area contributed by atoms with Gasteiger partial charge in [0.2, 0.25) is 0 Å². The summed E-state index contributed by atoms with van der Waals surface area (Å²) >= 11 is 0. The molecule has 0 radical (unpaired) electrons. The molecule has 0 spiro atoms. The van der Waals surface area contributed by atoms with Crippen LogP contribution in [-0.4, -0.2) is 35.5 Å². The van der Waals surface area contributed by atoms with Crippen LogP contribution in [0.1, 0.15) is 36.3 Å². The maximum atomic E-state index is 13.3. The Kier molecular flexibility index (Phi) is 4.34. The lowest BCUT2D eigenvalue weighted by Crippen LogP contribution is -2.59. The number of carbonyl (C=O) groups is 2. The minimum Gasteiger partial charge on any atom is -0.481 e. The summed E-state index contributed by atoms with van der Waals surface area (Å²) in [5.41, 5.74) is 3.40. The van der Waals surface area contributed by atoms with Crippen molar-refractivity contribution in [3.8, 4) is 11.1 Å². The van der Waals surface area contributed by atoms with Crippen LogP contribution in [0.5, 0.6) is 0 Å². The number of halogens is 1. The molecular weight excluding hydrogens is 349 g/mol. The molecule has 1 amide bonds. The van der Waals surface area contributed by atoms with Crippen LogP contribution in [0.2, 0.25) is 0 Å². The SMILES string of the molecule is O=C(O)CC1(NC(=O)OCC2c3ccccc3-c3ccccc32)CC(F)C1. The first-order valence-corrected chi connectivity index (χ1v) is 8.96. The first kappa shape index (κ1) is 17.5. The van der Waals surface area contributed by atoms with Gasteiger partial charge in [-0.25, -0.2) is 9.18 Å². The zero-order chi connectivity index (χ0) is 19.0. The van der Waals surface area contributed by atoms with E-state index in [2.05, 4.69) is 5.32 Å². The first-order chi connectivity index (χ1) is 13.0. The Balaban J connectivity index is 1.46. The third-order valence-corrected chi connectivity index (χ3v) is 5.42. The summed E-state index contributed by atoms with van der Waals surface area (Å²) in [5, 5.41) is 11.6. The number of ether oxygens (including phenoxy) is 1. The number of hydrogen-bond acceptors (Lipinski definition) is 3.